The van der Waals surface area contributed by atoms with Crippen LogP contribution < -0.4 is 5.73 Å². The highest BCUT2D eigenvalue weighted by molar-refractivity contribution is 5.69. The second-order valence-corrected chi connectivity index (χ2v) is 5.59. The number of carbonyl (C=O) groups excluding carboxylic acids is 1. The van der Waals surface area contributed by atoms with E-state index >= 15 is 0 Å². The molecule has 1 fully saturated rings. The van der Waals surface area contributed by atoms with E-state index in [1.54, 1.807) is 0 Å². The molecule has 19 heavy (non-hydrogen) atoms. The zero-order valence-corrected chi connectivity index (χ0v) is 12.3. The summed E-state index contributed by atoms with van der Waals surface area (Å²) >= 11 is 0. The van der Waals surface area contributed by atoms with Crippen molar-refractivity contribution in [1.82, 2.24) is 0 Å². The average molecular weight is 271 g/mol. The molecule has 0 aromatic heterocycles. The van der Waals surface area contributed by atoms with E-state index in [9.17, 15) is 4.79 Å². The molecular formula is C15H29NO3. The number of hydrogen-bond acceptors (Lipinski definition) is 4. The van der Waals surface area contributed by atoms with Gasteiger partial charge < -0.3 is 15.2 Å². The summed E-state index contributed by atoms with van der Waals surface area (Å²) in [5.41, 5.74) is 6.21. The van der Waals surface area contributed by atoms with Crippen molar-refractivity contribution < 1.29 is 14.3 Å². The lowest BCUT2D eigenvalue weighted by molar-refractivity contribution is -0.143. The van der Waals surface area contributed by atoms with Crippen LogP contribution in [0.5, 0.6) is 0 Å². The van der Waals surface area contributed by atoms with Crippen LogP contribution in [-0.2, 0) is 14.3 Å². The fourth-order valence-corrected chi connectivity index (χ4v) is 2.56. The zero-order valence-electron chi connectivity index (χ0n) is 12.3. The molecule has 1 rings (SSSR count). The van der Waals surface area contributed by atoms with Gasteiger partial charge in [0.2, 0.25) is 0 Å². The fraction of sp³-hybridized carbons (Fsp3) is 0.933. The minimum absolute atomic E-state index is 0.0802. The van der Waals surface area contributed by atoms with E-state index in [1.807, 2.05) is 6.92 Å². The maximum absolute atomic E-state index is 11.1. The minimum atomic E-state index is -0.0912. The van der Waals surface area contributed by atoms with Crippen LogP contribution in [0.1, 0.15) is 64.7 Å². The molecule has 0 aromatic rings. The number of unbranched alkanes of at least 4 members (excludes halogenated alkanes) is 2. The topological polar surface area (TPSA) is 61.5 Å². The summed E-state index contributed by atoms with van der Waals surface area (Å²) < 4.78 is 10.6. The van der Waals surface area contributed by atoms with Crippen LogP contribution >= 0.6 is 0 Å². The number of hydrogen-bond donors (Lipinski definition) is 1. The van der Waals surface area contributed by atoms with E-state index in [0.717, 1.165) is 38.7 Å². The van der Waals surface area contributed by atoms with Crippen molar-refractivity contribution in [3.63, 3.8) is 0 Å². The van der Waals surface area contributed by atoms with Crippen LogP contribution in [0.3, 0.4) is 0 Å². The maximum atomic E-state index is 11.1. The molecular weight excluding hydrogens is 242 g/mol. The molecule has 0 saturated heterocycles. The van der Waals surface area contributed by atoms with Gasteiger partial charge >= 0.3 is 5.97 Å². The Bertz CT molecular complexity index is 250. The van der Waals surface area contributed by atoms with Crippen molar-refractivity contribution in [3.05, 3.63) is 0 Å². The SMILES string of the molecule is CCOC(=O)CCCCCOCC1(N)CCCCC1. The lowest BCUT2D eigenvalue weighted by Crippen LogP contribution is -2.46. The Labute approximate surface area is 117 Å². The van der Waals surface area contributed by atoms with Gasteiger partial charge in [0.15, 0.2) is 0 Å². The highest BCUT2D eigenvalue weighted by Crippen LogP contribution is 2.26. The number of carbonyl (C=O) groups is 1. The number of ether oxygens (including phenoxy) is 2. The predicted octanol–water partition coefficient (Wildman–Crippen LogP) is 2.79. The van der Waals surface area contributed by atoms with Gasteiger partial charge in [-0.05, 0) is 32.6 Å². The average Bonchev–Trinajstić information content (AvgIpc) is 2.39. The van der Waals surface area contributed by atoms with E-state index in [0.29, 0.717) is 19.6 Å². The van der Waals surface area contributed by atoms with Gasteiger partial charge in [0.05, 0.1) is 13.2 Å². The van der Waals surface area contributed by atoms with Gasteiger partial charge in [-0.25, -0.2) is 0 Å². The van der Waals surface area contributed by atoms with Crippen LogP contribution in [0, 0.1) is 0 Å². The molecule has 0 aromatic carbocycles. The molecule has 112 valence electrons. The van der Waals surface area contributed by atoms with Gasteiger partial charge in [0, 0.05) is 18.6 Å². The standard InChI is InChI=1S/C15H29NO3/c1-2-19-14(17)9-5-3-8-12-18-13-15(16)10-6-4-7-11-15/h2-13,16H2,1H3. The summed E-state index contributed by atoms with van der Waals surface area (Å²) in [6.45, 7) is 3.74. The summed E-state index contributed by atoms with van der Waals surface area (Å²) in [6, 6.07) is 0. The highest BCUT2D eigenvalue weighted by atomic mass is 16.5. The monoisotopic (exact) mass is 271 g/mol. The molecule has 0 amide bonds. The zero-order chi connectivity index (χ0) is 14.0. The lowest BCUT2D eigenvalue weighted by Gasteiger charge is -2.33. The van der Waals surface area contributed by atoms with Gasteiger partial charge in [-0.3, -0.25) is 4.79 Å². The van der Waals surface area contributed by atoms with Gasteiger partial charge in [0.1, 0.15) is 0 Å². The molecule has 0 bridgehead atoms. The van der Waals surface area contributed by atoms with E-state index in [-0.39, 0.29) is 11.5 Å². The Morgan fingerprint density at radius 2 is 1.89 bits per heavy atom. The van der Waals surface area contributed by atoms with Gasteiger partial charge in [-0.2, -0.15) is 0 Å². The Balaban J connectivity index is 1.92. The summed E-state index contributed by atoms with van der Waals surface area (Å²) in [5.74, 6) is -0.0912. The Morgan fingerprint density at radius 1 is 1.16 bits per heavy atom. The first-order chi connectivity index (χ1) is 9.16. The van der Waals surface area contributed by atoms with Gasteiger partial charge in [-0.15, -0.1) is 0 Å². The number of rotatable bonds is 9. The van der Waals surface area contributed by atoms with E-state index in [4.69, 9.17) is 15.2 Å². The third-order valence-electron chi connectivity index (χ3n) is 3.71. The molecule has 0 aliphatic heterocycles. The predicted molar refractivity (Wildman–Crippen MR) is 75.9 cm³/mol. The van der Waals surface area contributed by atoms with Gasteiger partial charge in [0.25, 0.3) is 0 Å². The second-order valence-electron chi connectivity index (χ2n) is 5.59. The third kappa shape index (κ3) is 7.53. The Hall–Kier alpha value is -0.610. The summed E-state index contributed by atoms with van der Waals surface area (Å²) in [4.78, 5) is 11.1. The van der Waals surface area contributed by atoms with Crippen molar-refractivity contribution in [2.45, 2.75) is 70.3 Å². The van der Waals surface area contributed by atoms with E-state index in [2.05, 4.69) is 0 Å². The first kappa shape index (κ1) is 16.4. The van der Waals surface area contributed by atoms with Crippen molar-refractivity contribution in [3.8, 4) is 0 Å². The lowest BCUT2D eigenvalue weighted by atomic mass is 9.83. The summed E-state index contributed by atoms with van der Waals surface area (Å²) in [6.07, 6.45) is 9.38. The van der Waals surface area contributed by atoms with Crippen LogP contribution in [-0.4, -0.2) is 31.3 Å². The highest BCUT2D eigenvalue weighted by Gasteiger charge is 2.27. The van der Waals surface area contributed by atoms with E-state index in [1.165, 1.54) is 19.3 Å². The van der Waals surface area contributed by atoms with Crippen LogP contribution in [0.4, 0.5) is 0 Å². The molecule has 1 saturated carbocycles. The summed E-state index contributed by atoms with van der Waals surface area (Å²) in [7, 11) is 0. The first-order valence-electron chi connectivity index (χ1n) is 7.68. The number of esters is 1. The van der Waals surface area contributed by atoms with E-state index < -0.39 is 0 Å². The Kier molecular flexibility index (Phi) is 8.07. The van der Waals surface area contributed by atoms with Crippen molar-refractivity contribution in [2.24, 2.45) is 5.73 Å². The fourth-order valence-electron chi connectivity index (χ4n) is 2.56. The number of nitrogens with two attached hydrogens (primary N) is 1. The summed E-state index contributed by atoms with van der Waals surface area (Å²) in [5, 5.41) is 0. The largest absolute Gasteiger partial charge is 0.466 e. The van der Waals surface area contributed by atoms with Crippen LogP contribution in [0.25, 0.3) is 0 Å². The smallest absolute Gasteiger partial charge is 0.305 e. The molecule has 2 N–H and O–H groups in total. The normalized spacial score (nSPS) is 18.2. The first-order valence-corrected chi connectivity index (χ1v) is 7.68. The molecule has 0 heterocycles. The van der Waals surface area contributed by atoms with Gasteiger partial charge in [-0.1, -0.05) is 25.7 Å². The van der Waals surface area contributed by atoms with Crippen LogP contribution in [0.2, 0.25) is 0 Å². The van der Waals surface area contributed by atoms with Crippen molar-refractivity contribution in [1.29, 1.82) is 0 Å². The van der Waals surface area contributed by atoms with Crippen LogP contribution in [0.15, 0.2) is 0 Å². The molecule has 4 heteroatoms. The molecule has 1 aliphatic carbocycles. The third-order valence-corrected chi connectivity index (χ3v) is 3.71. The van der Waals surface area contributed by atoms with Crippen molar-refractivity contribution >= 4 is 5.97 Å². The molecule has 0 radical (unpaired) electrons. The molecule has 0 spiro atoms. The molecule has 0 atom stereocenters. The minimum Gasteiger partial charge on any atom is -0.466 e. The quantitative estimate of drug-likeness (QED) is 0.517. The maximum Gasteiger partial charge on any atom is 0.305 e. The molecule has 0 unspecified atom stereocenters. The second kappa shape index (κ2) is 9.32. The Morgan fingerprint density at radius 3 is 2.58 bits per heavy atom. The molecule has 4 nitrogen and oxygen atoms in total. The van der Waals surface area contributed by atoms with Crippen molar-refractivity contribution in [2.75, 3.05) is 19.8 Å². The molecule has 1 aliphatic rings.